The summed E-state index contributed by atoms with van der Waals surface area (Å²) in [5.41, 5.74) is 2.30. The lowest BCUT2D eigenvalue weighted by molar-refractivity contribution is 0.324. The van der Waals surface area contributed by atoms with Gasteiger partial charge >= 0.3 is 0 Å². The summed E-state index contributed by atoms with van der Waals surface area (Å²) in [6.07, 6.45) is 3.54. The number of rotatable bonds is 8. The van der Waals surface area contributed by atoms with Crippen molar-refractivity contribution in [1.82, 2.24) is 19.5 Å². The summed E-state index contributed by atoms with van der Waals surface area (Å²) in [5.74, 6) is 4.11. The quantitative estimate of drug-likeness (QED) is 0.418. The van der Waals surface area contributed by atoms with Gasteiger partial charge in [0.1, 0.15) is 23.7 Å². The first kappa shape index (κ1) is 21.9. The maximum Gasteiger partial charge on any atom is 0.203 e. The zero-order valence-corrected chi connectivity index (χ0v) is 19.2. The molecule has 0 bridgehead atoms. The molecule has 0 radical (unpaired) electrons. The van der Waals surface area contributed by atoms with Gasteiger partial charge in [0, 0.05) is 23.6 Å². The third-order valence-corrected chi connectivity index (χ3v) is 5.06. The Bertz CT molecular complexity index is 1310. The van der Waals surface area contributed by atoms with E-state index < -0.39 is 0 Å². The second-order valence-electron chi connectivity index (χ2n) is 7.23. The van der Waals surface area contributed by atoms with Crippen LogP contribution in [0, 0.1) is 0 Å². The molecular weight excluding hydrogens is 422 g/mol. The first-order valence-corrected chi connectivity index (χ1v) is 10.1. The summed E-state index contributed by atoms with van der Waals surface area (Å²) in [6, 6.07) is 9.33. The fourth-order valence-electron chi connectivity index (χ4n) is 3.39. The number of anilines is 2. The highest BCUT2D eigenvalue weighted by molar-refractivity contribution is 5.92. The molecule has 4 rings (SSSR count). The molecule has 0 saturated heterocycles. The number of nitrogens with zero attached hydrogens (tertiary/aromatic N) is 4. The number of benzene rings is 2. The molecule has 0 amide bonds. The third-order valence-electron chi connectivity index (χ3n) is 5.06. The van der Waals surface area contributed by atoms with Crippen molar-refractivity contribution in [1.29, 1.82) is 0 Å². The van der Waals surface area contributed by atoms with Crippen LogP contribution in [0.2, 0.25) is 0 Å². The number of nitrogens with one attached hydrogen (secondary N) is 1. The first-order valence-electron chi connectivity index (χ1n) is 10.1. The normalized spacial score (nSPS) is 10.7. The van der Waals surface area contributed by atoms with Crippen molar-refractivity contribution in [3.8, 4) is 28.7 Å². The smallest absolute Gasteiger partial charge is 0.203 e. The van der Waals surface area contributed by atoms with E-state index in [0.717, 1.165) is 22.2 Å². The van der Waals surface area contributed by atoms with Crippen molar-refractivity contribution in [2.75, 3.05) is 33.8 Å². The van der Waals surface area contributed by atoms with Gasteiger partial charge in [-0.15, -0.1) is 0 Å². The molecule has 0 saturated carbocycles. The van der Waals surface area contributed by atoms with Crippen LogP contribution >= 0.6 is 0 Å². The Balaban J connectivity index is 1.73. The number of methoxy groups -OCH3 is 4. The van der Waals surface area contributed by atoms with Gasteiger partial charge in [0.25, 0.3) is 0 Å². The predicted octanol–water partition coefficient (Wildman–Crippen LogP) is 4.63. The number of fused-ring (bicyclic) bond motifs is 1. The van der Waals surface area contributed by atoms with Crippen LogP contribution in [-0.2, 0) is 0 Å². The summed E-state index contributed by atoms with van der Waals surface area (Å²) < 4.78 is 23.5. The van der Waals surface area contributed by atoms with Crippen LogP contribution in [0.25, 0.3) is 22.2 Å². The number of hydrogen-bond acceptors (Lipinski definition) is 8. The molecule has 4 aromatic rings. The van der Waals surface area contributed by atoms with Crippen LogP contribution in [-0.4, -0.2) is 48.0 Å². The number of hydrogen-bond donors (Lipinski definition) is 1. The van der Waals surface area contributed by atoms with Crippen molar-refractivity contribution >= 4 is 28.1 Å². The molecule has 0 atom stereocenters. The van der Waals surface area contributed by atoms with Gasteiger partial charge in [-0.05, 0) is 24.6 Å². The van der Waals surface area contributed by atoms with Crippen molar-refractivity contribution in [3.05, 3.63) is 55.3 Å². The second kappa shape index (κ2) is 9.07. The Morgan fingerprint density at radius 2 is 1.67 bits per heavy atom. The van der Waals surface area contributed by atoms with E-state index >= 15 is 0 Å². The zero-order valence-electron chi connectivity index (χ0n) is 19.2. The molecule has 9 heteroatoms. The first-order chi connectivity index (χ1) is 16.0. The molecule has 2 heterocycles. The number of imidazole rings is 1. The van der Waals surface area contributed by atoms with Gasteiger partial charge < -0.3 is 28.8 Å². The van der Waals surface area contributed by atoms with E-state index in [4.69, 9.17) is 18.9 Å². The summed E-state index contributed by atoms with van der Waals surface area (Å²) in [6.45, 7) is 5.84. The fourth-order valence-corrected chi connectivity index (χ4v) is 3.39. The average molecular weight is 447 g/mol. The molecule has 2 aromatic carbocycles. The van der Waals surface area contributed by atoms with Crippen LogP contribution in [0.15, 0.2) is 49.4 Å². The summed E-state index contributed by atoms with van der Waals surface area (Å²) >= 11 is 0. The SMILES string of the molecule is C=C(C)c1nc(Nc2cn(-c3cc(OC)c(OC)c(OC)c3)cn2)c2ccc(OC)cc2n1. The van der Waals surface area contributed by atoms with Crippen molar-refractivity contribution in [2.45, 2.75) is 6.92 Å². The highest BCUT2D eigenvalue weighted by Gasteiger charge is 2.15. The predicted molar refractivity (Wildman–Crippen MR) is 127 cm³/mol. The van der Waals surface area contributed by atoms with Crippen molar-refractivity contribution < 1.29 is 18.9 Å². The molecule has 0 aliphatic carbocycles. The molecule has 0 aliphatic heterocycles. The molecule has 33 heavy (non-hydrogen) atoms. The molecule has 0 fully saturated rings. The Morgan fingerprint density at radius 1 is 0.939 bits per heavy atom. The van der Waals surface area contributed by atoms with Gasteiger partial charge in [-0.3, -0.25) is 0 Å². The number of ether oxygens (including phenoxy) is 4. The maximum atomic E-state index is 5.46. The van der Waals surface area contributed by atoms with E-state index in [9.17, 15) is 0 Å². The largest absolute Gasteiger partial charge is 0.497 e. The third kappa shape index (κ3) is 4.25. The van der Waals surface area contributed by atoms with E-state index in [1.165, 1.54) is 0 Å². The van der Waals surface area contributed by atoms with Gasteiger partial charge in [-0.2, -0.15) is 0 Å². The second-order valence-corrected chi connectivity index (χ2v) is 7.23. The average Bonchev–Trinajstić information content (AvgIpc) is 3.30. The number of allylic oxidation sites excluding steroid dienone is 1. The van der Waals surface area contributed by atoms with Gasteiger partial charge in [-0.1, -0.05) is 6.58 Å². The van der Waals surface area contributed by atoms with Crippen LogP contribution in [0.4, 0.5) is 11.6 Å². The highest BCUT2D eigenvalue weighted by Crippen LogP contribution is 2.39. The van der Waals surface area contributed by atoms with E-state index in [0.29, 0.717) is 40.5 Å². The lowest BCUT2D eigenvalue weighted by Gasteiger charge is -2.14. The molecule has 1 N–H and O–H groups in total. The van der Waals surface area contributed by atoms with E-state index in [-0.39, 0.29) is 0 Å². The Morgan fingerprint density at radius 3 is 2.27 bits per heavy atom. The molecule has 170 valence electrons. The Hall–Kier alpha value is -4.27. The fraction of sp³-hybridized carbons (Fsp3) is 0.208. The van der Waals surface area contributed by atoms with Crippen molar-refractivity contribution in [3.63, 3.8) is 0 Å². The lowest BCUT2D eigenvalue weighted by Crippen LogP contribution is -2.01. The van der Waals surface area contributed by atoms with Gasteiger partial charge in [0.05, 0.1) is 45.8 Å². The minimum Gasteiger partial charge on any atom is -0.497 e. The van der Waals surface area contributed by atoms with E-state index in [1.54, 1.807) is 34.8 Å². The molecular formula is C24H25N5O4. The summed E-state index contributed by atoms with van der Waals surface area (Å²) in [4.78, 5) is 13.7. The standard InChI is InChI=1S/C24H25N5O4/c1-14(2)23-26-18-11-16(30-3)7-8-17(18)24(28-23)27-21-12-29(13-25-21)15-9-19(31-4)22(33-6)20(10-15)32-5/h7-13H,1H2,2-6H3,(H,26,27,28). The summed E-state index contributed by atoms with van der Waals surface area (Å²) in [5, 5.41) is 4.13. The minimum absolute atomic E-state index is 0.525. The summed E-state index contributed by atoms with van der Waals surface area (Å²) in [7, 11) is 6.35. The molecule has 2 aromatic heterocycles. The lowest BCUT2D eigenvalue weighted by atomic mass is 10.2. The van der Waals surface area contributed by atoms with Crippen LogP contribution in [0.5, 0.6) is 23.0 Å². The number of aromatic nitrogens is 4. The topological polar surface area (TPSA) is 92.6 Å². The van der Waals surface area contributed by atoms with Gasteiger partial charge in [-0.25, -0.2) is 15.0 Å². The highest BCUT2D eigenvalue weighted by atomic mass is 16.5. The van der Waals surface area contributed by atoms with Crippen LogP contribution in [0.1, 0.15) is 12.7 Å². The maximum absolute atomic E-state index is 5.46. The van der Waals surface area contributed by atoms with E-state index in [2.05, 4.69) is 26.8 Å². The monoisotopic (exact) mass is 447 g/mol. The zero-order chi connectivity index (χ0) is 23.5. The van der Waals surface area contributed by atoms with Gasteiger partial charge in [0.15, 0.2) is 17.3 Å². The van der Waals surface area contributed by atoms with Crippen LogP contribution < -0.4 is 24.3 Å². The van der Waals surface area contributed by atoms with Crippen molar-refractivity contribution in [2.24, 2.45) is 0 Å². The van der Waals surface area contributed by atoms with Crippen LogP contribution in [0.3, 0.4) is 0 Å². The molecule has 0 spiro atoms. The molecule has 9 nitrogen and oxygen atoms in total. The van der Waals surface area contributed by atoms with Gasteiger partial charge in [0.2, 0.25) is 5.75 Å². The molecule has 0 aliphatic rings. The minimum atomic E-state index is 0.525. The Labute approximate surface area is 191 Å². The Kier molecular flexibility index (Phi) is 6.03. The molecule has 0 unspecified atom stereocenters. The van der Waals surface area contributed by atoms with E-state index in [1.807, 2.05) is 48.0 Å².